The summed E-state index contributed by atoms with van der Waals surface area (Å²) in [6, 6.07) is 0. The third kappa shape index (κ3) is 7.65. The van der Waals surface area contributed by atoms with Crippen molar-refractivity contribution in [2.75, 3.05) is 26.7 Å². The van der Waals surface area contributed by atoms with E-state index in [0.29, 0.717) is 18.4 Å². The zero-order chi connectivity index (χ0) is 15.7. The van der Waals surface area contributed by atoms with Crippen LogP contribution in [0.1, 0.15) is 52.9 Å². The number of ether oxygens (including phenoxy) is 1. The second-order valence-corrected chi connectivity index (χ2v) is 6.40. The number of nitrogens with zero attached hydrogens (tertiary/aromatic N) is 1. The lowest BCUT2D eigenvalue weighted by molar-refractivity contribution is -0.140. The first-order valence-electron chi connectivity index (χ1n) is 8.10. The lowest BCUT2D eigenvalue weighted by Crippen LogP contribution is -2.41. The Morgan fingerprint density at radius 1 is 1.32 bits per heavy atom. The highest BCUT2D eigenvalue weighted by Crippen LogP contribution is 2.46. The van der Waals surface area contributed by atoms with Crippen LogP contribution in [-0.2, 0) is 9.53 Å². The molecule has 0 atom stereocenters. The Balaban J connectivity index is 0.00000441. The normalized spacial score (nSPS) is 16.5. The number of halogens is 1. The molecule has 1 aliphatic carbocycles. The molecule has 0 unspecified atom stereocenters. The lowest BCUT2D eigenvalue weighted by atomic mass is 9.64. The van der Waals surface area contributed by atoms with Crippen LogP contribution in [0.5, 0.6) is 0 Å². The maximum absolute atomic E-state index is 11.1. The molecule has 1 rings (SSSR count). The van der Waals surface area contributed by atoms with Gasteiger partial charge in [0.25, 0.3) is 0 Å². The first-order chi connectivity index (χ1) is 10.0. The molecular formula is C16H32IN3O2. The summed E-state index contributed by atoms with van der Waals surface area (Å²) in [5.41, 5.74) is 0.402. The highest BCUT2D eigenvalue weighted by atomic mass is 127. The number of rotatable bonds is 8. The van der Waals surface area contributed by atoms with Crippen molar-refractivity contribution < 1.29 is 9.53 Å². The standard InChI is InChI=1S/C16H31N3O2.HI/c1-5-17-15(18-10-7-14(20)21-4)19-12-16(8-6-9-16)11-13(2)3;/h13H,5-12H2,1-4H3,(H2,17,18,19);1H. The molecule has 0 aromatic heterocycles. The number of carbonyl (C=O) groups excluding carboxylic acids is 1. The van der Waals surface area contributed by atoms with Gasteiger partial charge in [-0.1, -0.05) is 20.3 Å². The summed E-state index contributed by atoms with van der Waals surface area (Å²) in [5.74, 6) is 1.32. The van der Waals surface area contributed by atoms with Crippen molar-refractivity contribution in [3.8, 4) is 0 Å². The average Bonchev–Trinajstić information content (AvgIpc) is 2.40. The molecule has 130 valence electrons. The van der Waals surface area contributed by atoms with Gasteiger partial charge in [0.15, 0.2) is 5.96 Å². The van der Waals surface area contributed by atoms with Crippen LogP contribution >= 0.6 is 24.0 Å². The summed E-state index contributed by atoms with van der Waals surface area (Å²) < 4.78 is 4.64. The van der Waals surface area contributed by atoms with E-state index in [2.05, 4.69) is 29.2 Å². The minimum Gasteiger partial charge on any atom is -0.469 e. The van der Waals surface area contributed by atoms with E-state index >= 15 is 0 Å². The molecule has 0 amide bonds. The van der Waals surface area contributed by atoms with Crippen LogP contribution in [-0.4, -0.2) is 38.7 Å². The van der Waals surface area contributed by atoms with Crippen LogP contribution in [0.25, 0.3) is 0 Å². The molecule has 1 fully saturated rings. The van der Waals surface area contributed by atoms with Crippen LogP contribution in [0, 0.1) is 11.3 Å². The molecule has 2 N–H and O–H groups in total. The van der Waals surface area contributed by atoms with E-state index in [1.165, 1.54) is 32.8 Å². The number of methoxy groups -OCH3 is 1. The van der Waals surface area contributed by atoms with Crippen LogP contribution in [0.15, 0.2) is 4.99 Å². The second kappa shape index (κ2) is 11.1. The summed E-state index contributed by atoms with van der Waals surface area (Å²) >= 11 is 0. The van der Waals surface area contributed by atoms with Gasteiger partial charge < -0.3 is 15.4 Å². The Morgan fingerprint density at radius 2 is 2.00 bits per heavy atom. The molecule has 6 heteroatoms. The van der Waals surface area contributed by atoms with Gasteiger partial charge in [-0.3, -0.25) is 9.79 Å². The first-order valence-corrected chi connectivity index (χ1v) is 8.10. The molecule has 1 aliphatic rings. The molecule has 0 radical (unpaired) electrons. The Morgan fingerprint density at radius 3 is 2.45 bits per heavy atom. The van der Waals surface area contributed by atoms with Gasteiger partial charge in [-0.25, -0.2) is 0 Å². The maximum atomic E-state index is 11.1. The fourth-order valence-corrected chi connectivity index (χ4v) is 2.94. The van der Waals surface area contributed by atoms with Gasteiger partial charge in [0.05, 0.1) is 13.5 Å². The van der Waals surface area contributed by atoms with Crippen molar-refractivity contribution in [1.82, 2.24) is 10.6 Å². The van der Waals surface area contributed by atoms with Crippen molar-refractivity contribution in [2.45, 2.75) is 52.9 Å². The first kappa shape index (κ1) is 21.5. The van der Waals surface area contributed by atoms with Gasteiger partial charge in [-0.15, -0.1) is 24.0 Å². The molecule has 5 nitrogen and oxygen atoms in total. The summed E-state index contributed by atoms with van der Waals surface area (Å²) in [6.07, 6.45) is 5.51. The Labute approximate surface area is 152 Å². The van der Waals surface area contributed by atoms with Crippen LogP contribution in [0.3, 0.4) is 0 Å². The average molecular weight is 425 g/mol. The highest BCUT2D eigenvalue weighted by molar-refractivity contribution is 14.0. The molecule has 0 heterocycles. The molecule has 0 saturated heterocycles. The Kier molecular flexibility index (Phi) is 10.8. The van der Waals surface area contributed by atoms with E-state index in [4.69, 9.17) is 4.99 Å². The van der Waals surface area contributed by atoms with E-state index in [1.807, 2.05) is 6.92 Å². The van der Waals surface area contributed by atoms with Crippen molar-refractivity contribution in [1.29, 1.82) is 0 Å². The van der Waals surface area contributed by atoms with Gasteiger partial charge in [-0.05, 0) is 37.5 Å². The van der Waals surface area contributed by atoms with Gasteiger partial charge in [0.1, 0.15) is 0 Å². The predicted molar refractivity (Wildman–Crippen MR) is 102 cm³/mol. The SMILES string of the molecule is CCNC(=NCC1(CC(C)C)CCC1)NCCC(=O)OC.I. The van der Waals surface area contributed by atoms with Gasteiger partial charge in [0.2, 0.25) is 0 Å². The molecule has 0 aromatic carbocycles. The van der Waals surface area contributed by atoms with Gasteiger partial charge in [-0.2, -0.15) is 0 Å². The van der Waals surface area contributed by atoms with Crippen molar-refractivity contribution in [2.24, 2.45) is 16.3 Å². The van der Waals surface area contributed by atoms with Gasteiger partial charge >= 0.3 is 5.97 Å². The molecule has 22 heavy (non-hydrogen) atoms. The summed E-state index contributed by atoms with van der Waals surface area (Å²) in [7, 11) is 1.41. The highest BCUT2D eigenvalue weighted by Gasteiger charge is 2.37. The van der Waals surface area contributed by atoms with E-state index in [9.17, 15) is 4.79 Å². The van der Waals surface area contributed by atoms with E-state index in [-0.39, 0.29) is 29.9 Å². The van der Waals surface area contributed by atoms with Gasteiger partial charge in [0, 0.05) is 19.6 Å². The molecule has 0 bridgehead atoms. The minimum atomic E-state index is -0.200. The third-order valence-electron chi connectivity index (χ3n) is 4.02. The fourth-order valence-electron chi connectivity index (χ4n) is 2.94. The quantitative estimate of drug-likeness (QED) is 0.272. The molecule has 1 saturated carbocycles. The molecular weight excluding hydrogens is 393 g/mol. The summed E-state index contributed by atoms with van der Waals surface area (Å²) in [5, 5.41) is 6.43. The fraction of sp³-hybridized carbons (Fsp3) is 0.875. The van der Waals surface area contributed by atoms with E-state index < -0.39 is 0 Å². The predicted octanol–water partition coefficient (Wildman–Crippen LogP) is 2.94. The lowest BCUT2D eigenvalue weighted by Gasteiger charge is -2.42. The molecule has 0 aliphatic heterocycles. The van der Waals surface area contributed by atoms with E-state index in [1.54, 1.807) is 0 Å². The van der Waals surface area contributed by atoms with Crippen molar-refractivity contribution in [3.63, 3.8) is 0 Å². The zero-order valence-corrected chi connectivity index (χ0v) is 16.7. The number of nitrogens with one attached hydrogen (secondary N) is 2. The van der Waals surface area contributed by atoms with Crippen LogP contribution in [0.2, 0.25) is 0 Å². The summed E-state index contributed by atoms with van der Waals surface area (Å²) in [6.45, 7) is 8.85. The van der Waals surface area contributed by atoms with E-state index in [0.717, 1.165) is 25.0 Å². The summed E-state index contributed by atoms with van der Waals surface area (Å²) in [4.78, 5) is 15.8. The van der Waals surface area contributed by atoms with Crippen molar-refractivity contribution >= 4 is 35.9 Å². The largest absolute Gasteiger partial charge is 0.469 e. The number of aliphatic imine (C=N–C) groups is 1. The van der Waals surface area contributed by atoms with Crippen molar-refractivity contribution in [3.05, 3.63) is 0 Å². The Bertz CT molecular complexity index is 355. The minimum absolute atomic E-state index is 0. The number of hydrogen-bond donors (Lipinski definition) is 2. The smallest absolute Gasteiger partial charge is 0.307 e. The monoisotopic (exact) mass is 425 g/mol. The van der Waals surface area contributed by atoms with Crippen LogP contribution in [0.4, 0.5) is 0 Å². The Hall–Kier alpha value is -0.530. The number of carbonyl (C=O) groups is 1. The maximum Gasteiger partial charge on any atom is 0.307 e. The molecule has 0 aromatic rings. The topological polar surface area (TPSA) is 62.7 Å². The molecule has 0 spiro atoms. The zero-order valence-electron chi connectivity index (χ0n) is 14.4. The van der Waals surface area contributed by atoms with Crippen LogP contribution < -0.4 is 10.6 Å². The number of hydrogen-bond acceptors (Lipinski definition) is 3. The third-order valence-corrected chi connectivity index (χ3v) is 4.02. The number of guanidine groups is 1. The second-order valence-electron chi connectivity index (χ2n) is 6.40. The number of esters is 1.